The van der Waals surface area contributed by atoms with Crippen molar-refractivity contribution in [1.82, 2.24) is 15.0 Å². The van der Waals surface area contributed by atoms with Crippen molar-refractivity contribution in [2.24, 2.45) is 5.10 Å². The standard InChI is InChI=1S/C22H17BrN4O3S/c1-30-18-8-7-14(9-17(18)23)10-25-26-19(28)11-27-13-24-21-20(22(27)29)16(12-31-21)15-5-3-2-4-6-15/h2-10,12-13H,11H2,1H3,(H,26,28)/b25-10-. The van der Waals surface area contributed by atoms with Crippen molar-refractivity contribution in [3.05, 3.63) is 80.6 Å². The van der Waals surface area contributed by atoms with Gasteiger partial charge in [-0.25, -0.2) is 10.4 Å². The highest BCUT2D eigenvalue weighted by Gasteiger charge is 2.14. The molecule has 0 spiro atoms. The van der Waals surface area contributed by atoms with Gasteiger partial charge in [0.1, 0.15) is 17.1 Å². The third-order valence-electron chi connectivity index (χ3n) is 4.54. The highest BCUT2D eigenvalue weighted by molar-refractivity contribution is 9.10. The Kier molecular flexibility index (Phi) is 6.24. The van der Waals surface area contributed by atoms with Crippen LogP contribution in [0.1, 0.15) is 5.56 Å². The minimum absolute atomic E-state index is 0.185. The summed E-state index contributed by atoms with van der Waals surface area (Å²) in [5.74, 6) is 0.273. The average molecular weight is 497 g/mol. The van der Waals surface area contributed by atoms with Crippen LogP contribution in [0.15, 0.2) is 74.6 Å². The summed E-state index contributed by atoms with van der Waals surface area (Å²) in [7, 11) is 1.58. The molecule has 0 atom stereocenters. The molecule has 0 bridgehead atoms. The number of hydrogen-bond donors (Lipinski definition) is 1. The number of amides is 1. The number of nitrogens with zero attached hydrogens (tertiary/aromatic N) is 3. The molecule has 7 nitrogen and oxygen atoms in total. The lowest BCUT2D eigenvalue weighted by atomic mass is 10.1. The molecular formula is C22H17BrN4O3S. The lowest BCUT2D eigenvalue weighted by molar-refractivity contribution is -0.121. The third kappa shape index (κ3) is 4.57. The van der Waals surface area contributed by atoms with E-state index >= 15 is 0 Å². The van der Waals surface area contributed by atoms with E-state index in [1.54, 1.807) is 13.2 Å². The molecule has 9 heteroatoms. The number of ether oxygens (including phenoxy) is 1. The Morgan fingerprint density at radius 2 is 2.10 bits per heavy atom. The second kappa shape index (κ2) is 9.23. The van der Waals surface area contributed by atoms with E-state index in [1.807, 2.05) is 47.8 Å². The van der Waals surface area contributed by atoms with Crippen molar-refractivity contribution < 1.29 is 9.53 Å². The van der Waals surface area contributed by atoms with Crippen molar-refractivity contribution >= 4 is 49.6 Å². The van der Waals surface area contributed by atoms with Gasteiger partial charge in [0.15, 0.2) is 0 Å². The quantitative estimate of drug-likeness (QED) is 0.322. The second-order valence-electron chi connectivity index (χ2n) is 6.56. The zero-order chi connectivity index (χ0) is 21.8. The van der Waals surface area contributed by atoms with Crippen LogP contribution in [-0.4, -0.2) is 28.8 Å². The van der Waals surface area contributed by atoms with E-state index in [1.165, 1.54) is 28.4 Å². The van der Waals surface area contributed by atoms with Crippen LogP contribution in [0.4, 0.5) is 0 Å². The predicted molar refractivity (Wildman–Crippen MR) is 126 cm³/mol. The van der Waals surface area contributed by atoms with Gasteiger partial charge >= 0.3 is 0 Å². The highest BCUT2D eigenvalue weighted by Crippen LogP contribution is 2.30. The fraction of sp³-hybridized carbons (Fsp3) is 0.0909. The van der Waals surface area contributed by atoms with E-state index in [0.717, 1.165) is 21.2 Å². The van der Waals surface area contributed by atoms with Crippen LogP contribution in [0.2, 0.25) is 0 Å². The van der Waals surface area contributed by atoms with Crippen LogP contribution < -0.4 is 15.7 Å². The smallest absolute Gasteiger partial charge is 0.263 e. The van der Waals surface area contributed by atoms with E-state index in [2.05, 4.69) is 31.4 Å². The van der Waals surface area contributed by atoms with Crippen LogP contribution in [0.3, 0.4) is 0 Å². The van der Waals surface area contributed by atoms with Crippen LogP contribution in [0.5, 0.6) is 5.75 Å². The number of methoxy groups -OCH3 is 1. The molecule has 0 aliphatic carbocycles. The monoisotopic (exact) mass is 496 g/mol. The van der Waals surface area contributed by atoms with Gasteiger partial charge in [0.25, 0.3) is 11.5 Å². The van der Waals surface area contributed by atoms with E-state index in [0.29, 0.717) is 16.0 Å². The minimum atomic E-state index is -0.427. The van der Waals surface area contributed by atoms with Crippen LogP contribution in [0.25, 0.3) is 21.3 Å². The number of thiophene rings is 1. The molecule has 4 aromatic rings. The third-order valence-corrected chi connectivity index (χ3v) is 6.04. The molecule has 0 fully saturated rings. The molecule has 2 aromatic heterocycles. The number of rotatable bonds is 6. The van der Waals surface area contributed by atoms with Gasteiger partial charge in [0, 0.05) is 10.9 Å². The minimum Gasteiger partial charge on any atom is -0.496 e. The molecule has 156 valence electrons. The maximum Gasteiger partial charge on any atom is 0.263 e. The normalized spacial score (nSPS) is 11.2. The summed E-state index contributed by atoms with van der Waals surface area (Å²) in [5.41, 5.74) is 4.71. The summed E-state index contributed by atoms with van der Waals surface area (Å²) in [6.07, 6.45) is 2.90. The van der Waals surface area contributed by atoms with E-state index in [-0.39, 0.29) is 12.1 Å². The molecule has 1 amide bonds. The topological polar surface area (TPSA) is 85.6 Å². The first-order valence-electron chi connectivity index (χ1n) is 9.24. The number of aromatic nitrogens is 2. The SMILES string of the molecule is COc1ccc(/C=N\NC(=O)Cn2cnc3scc(-c4ccccc4)c3c2=O)cc1Br. The molecule has 2 aromatic carbocycles. The van der Waals surface area contributed by atoms with Crippen molar-refractivity contribution in [3.8, 4) is 16.9 Å². The average Bonchev–Trinajstić information content (AvgIpc) is 3.21. The summed E-state index contributed by atoms with van der Waals surface area (Å²) in [4.78, 5) is 30.3. The Bertz CT molecular complexity index is 1330. The van der Waals surface area contributed by atoms with Crippen LogP contribution >= 0.6 is 27.3 Å². The Hall–Kier alpha value is -3.30. The van der Waals surface area contributed by atoms with Crippen LogP contribution in [0, 0.1) is 0 Å². The van der Waals surface area contributed by atoms with Gasteiger partial charge < -0.3 is 4.74 Å². The molecule has 0 radical (unpaired) electrons. The Morgan fingerprint density at radius 3 is 2.84 bits per heavy atom. The van der Waals surface area contributed by atoms with Gasteiger partial charge in [-0.3, -0.25) is 14.2 Å². The van der Waals surface area contributed by atoms with Crippen LogP contribution in [-0.2, 0) is 11.3 Å². The maximum atomic E-state index is 13.0. The number of carbonyl (C=O) groups excluding carboxylic acids is 1. The molecule has 0 aliphatic heterocycles. The second-order valence-corrected chi connectivity index (χ2v) is 8.27. The molecule has 0 unspecified atom stereocenters. The molecule has 2 heterocycles. The molecule has 0 aliphatic rings. The fourth-order valence-corrected chi connectivity index (χ4v) is 4.51. The summed E-state index contributed by atoms with van der Waals surface area (Å²) >= 11 is 4.81. The largest absolute Gasteiger partial charge is 0.496 e. The number of nitrogens with one attached hydrogen (secondary N) is 1. The Balaban J connectivity index is 1.51. The van der Waals surface area contributed by atoms with E-state index in [4.69, 9.17) is 4.74 Å². The zero-order valence-electron chi connectivity index (χ0n) is 16.4. The van der Waals surface area contributed by atoms with Gasteiger partial charge in [-0.1, -0.05) is 30.3 Å². The van der Waals surface area contributed by atoms with Gasteiger partial charge in [0.05, 0.1) is 29.5 Å². The first-order valence-corrected chi connectivity index (χ1v) is 10.9. The molecule has 0 saturated carbocycles. The summed E-state index contributed by atoms with van der Waals surface area (Å²) in [6, 6.07) is 15.1. The number of hydrogen-bond acceptors (Lipinski definition) is 6. The molecular weight excluding hydrogens is 480 g/mol. The molecule has 31 heavy (non-hydrogen) atoms. The van der Waals surface area contributed by atoms with E-state index in [9.17, 15) is 9.59 Å². The van der Waals surface area contributed by atoms with Crippen molar-refractivity contribution in [3.63, 3.8) is 0 Å². The van der Waals surface area contributed by atoms with E-state index < -0.39 is 5.91 Å². The summed E-state index contributed by atoms with van der Waals surface area (Å²) < 4.78 is 7.25. The lowest BCUT2D eigenvalue weighted by Crippen LogP contribution is -2.30. The first-order chi connectivity index (χ1) is 15.1. The van der Waals surface area contributed by atoms with Gasteiger partial charge in [-0.15, -0.1) is 11.3 Å². The number of benzene rings is 2. The number of carbonyl (C=O) groups is 1. The van der Waals surface area contributed by atoms with Gasteiger partial charge in [-0.05, 0) is 45.3 Å². The highest BCUT2D eigenvalue weighted by atomic mass is 79.9. The number of fused-ring (bicyclic) bond motifs is 1. The summed E-state index contributed by atoms with van der Waals surface area (Å²) in [6.45, 7) is -0.185. The maximum absolute atomic E-state index is 13.0. The Morgan fingerprint density at radius 1 is 1.29 bits per heavy atom. The number of hydrazone groups is 1. The van der Waals surface area contributed by atoms with Crippen molar-refractivity contribution in [2.45, 2.75) is 6.54 Å². The number of halogens is 1. The van der Waals surface area contributed by atoms with Crippen molar-refractivity contribution in [2.75, 3.05) is 7.11 Å². The fourth-order valence-electron chi connectivity index (χ4n) is 3.04. The predicted octanol–water partition coefficient (Wildman–Crippen LogP) is 4.05. The molecule has 1 N–H and O–H groups in total. The molecule has 4 rings (SSSR count). The van der Waals surface area contributed by atoms with Crippen molar-refractivity contribution in [1.29, 1.82) is 0 Å². The Labute approximate surface area is 190 Å². The van der Waals surface area contributed by atoms with Gasteiger partial charge in [-0.2, -0.15) is 5.10 Å². The van der Waals surface area contributed by atoms with Gasteiger partial charge in [0.2, 0.25) is 0 Å². The lowest BCUT2D eigenvalue weighted by Gasteiger charge is -2.06. The first kappa shape index (κ1) is 21.0. The zero-order valence-corrected chi connectivity index (χ0v) is 18.8. The summed E-state index contributed by atoms with van der Waals surface area (Å²) in [5, 5.41) is 6.39. The molecule has 0 saturated heterocycles.